The first-order valence-corrected chi connectivity index (χ1v) is 9.37. The molecule has 1 aromatic rings. The average molecular weight is 349 g/mol. The van der Waals surface area contributed by atoms with E-state index in [9.17, 15) is 0 Å². The number of nitrogens with zero attached hydrogens (tertiary/aromatic N) is 5. The summed E-state index contributed by atoms with van der Waals surface area (Å²) in [5.41, 5.74) is 0. The number of piperidine rings is 1. The molecule has 3 rings (SSSR count). The van der Waals surface area contributed by atoms with Gasteiger partial charge >= 0.3 is 0 Å². The Balaban J connectivity index is 1.40. The molecule has 25 heavy (non-hydrogen) atoms. The Morgan fingerprint density at radius 2 is 2.12 bits per heavy atom. The first-order chi connectivity index (χ1) is 12.3. The van der Waals surface area contributed by atoms with Gasteiger partial charge < -0.3 is 15.0 Å². The van der Waals surface area contributed by atoms with Crippen LogP contribution in [0.2, 0.25) is 0 Å². The zero-order valence-electron chi connectivity index (χ0n) is 15.4. The molecule has 0 bridgehead atoms. The number of H-pyrrole nitrogens is 1. The first-order valence-electron chi connectivity index (χ1n) is 9.37. The van der Waals surface area contributed by atoms with Crippen molar-refractivity contribution in [3.63, 3.8) is 0 Å². The number of ether oxygens (including phenoxy) is 1. The van der Waals surface area contributed by atoms with Crippen molar-refractivity contribution in [1.82, 2.24) is 30.3 Å². The smallest absolute Gasteiger partial charge is 0.193 e. The van der Waals surface area contributed by atoms with E-state index in [0.717, 1.165) is 77.1 Å². The summed E-state index contributed by atoms with van der Waals surface area (Å²) in [6.07, 6.45) is 3.76. The molecule has 2 fully saturated rings. The van der Waals surface area contributed by atoms with E-state index in [1.807, 2.05) is 7.05 Å². The lowest BCUT2D eigenvalue weighted by Gasteiger charge is -2.34. The largest absolute Gasteiger partial charge is 0.379 e. The zero-order valence-corrected chi connectivity index (χ0v) is 15.4. The second-order valence-corrected chi connectivity index (χ2v) is 7.08. The number of aromatic nitrogens is 3. The van der Waals surface area contributed by atoms with Crippen molar-refractivity contribution in [2.24, 2.45) is 10.9 Å². The summed E-state index contributed by atoms with van der Waals surface area (Å²) in [5.74, 6) is 3.10. The van der Waals surface area contributed by atoms with E-state index < -0.39 is 0 Å². The van der Waals surface area contributed by atoms with Crippen LogP contribution in [-0.4, -0.2) is 90.5 Å². The second-order valence-electron chi connectivity index (χ2n) is 7.08. The van der Waals surface area contributed by atoms with E-state index in [-0.39, 0.29) is 0 Å². The molecular formula is C17H31N7O. The summed E-state index contributed by atoms with van der Waals surface area (Å²) >= 11 is 0. The molecule has 8 nitrogen and oxygen atoms in total. The van der Waals surface area contributed by atoms with Crippen LogP contribution in [0, 0.1) is 5.92 Å². The molecule has 1 atom stereocenters. The van der Waals surface area contributed by atoms with Gasteiger partial charge in [0.2, 0.25) is 0 Å². The average Bonchev–Trinajstić information content (AvgIpc) is 3.18. The van der Waals surface area contributed by atoms with Crippen LogP contribution >= 0.6 is 0 Å². The van der Waals surface area contributed by atoms with Crippen LogP contribution in [0.25, 0.3) is 0 Å². The molecule has 8 heteroatoms. The van der Waals surface area contributed by atoms with Crippen molar-refractivity contribution in [3.8, 4) is 0 Å². The summed E-state index contributed by atoms with van der Waals surface area (Å²) in [5, 5.41) is 10.5. The summed E-state index contributed by atoms with van der Waals surface area (Å²) in [6.45, 7) is 10.2. The van der Waals surface area contributed by atoms with Gasteiger partial charge in [-0.25, -0.2) is 4.98 Å². The molecule has 2 aliphatic heterocycles. The van der Waals surface area contributed by atoms with Gasteiger partial charge in [-0.15, -0.1) is 0 Å². The van der Waals surface area contributed by atoms with Crippen molar-refractivity contribution in [3.05, 3.63) is 12.2 Å². The highest BCUT2D eigenvalue weighted by atomic mass is 16.5. The van der Waals surface area contributed by atoms with E-state index in [2.05, 4.69) is 42.2 Å². The molecule has 3 heterocycles. The Labute approximate surface area is 150 Å². The minimum absolute atomic E-state index is 0.483. The van der Waals surface area contributed by atoms with Crippen molar-refractivity contribution in [2.75, 3.05) is 59.5 Å². The van der Waals surface area contributed by atoms with Crippen LogP contribution < -0.4 is 5.32 Å². The van der Waals surface area contributed by atoms with E-state index in [4.69, 9.17) is 4.74 Å². The normalized spacial score (nSPS) is 22.2. The van der Waals surface area contributed by atoms with Crippen molar-refractivity contribution in [1.29, 1.82) is 0 Å². The van der Waals surface area contributed by atoms with Crippen LogP contribution in [0.5, 0.6) is 0 Å². The van der Waals surface area contributed by atoms with Crippen LogP contribution in [-0.2, 0) is 4.74 Å². The SMILES string of the molecule is CN=C(NCC(C)CN1CCOCC1)N1CCC(c2ncn[nH]2)CC1. The van der Waals surface area contributed by atoms with Gasteiger partial charge in [-0.2, -0.15) is 5.10 Å². The molecule has 2 aliphatic rings. The highest BCUT2D eigenvalue weighted by molar-refractivity contribution is 5.80. The Kier molecular flexibility index (Phi) is 6.63. The molecular weight excluding hydrogens is 318 g/mol. The molecule has 0 aliphatic carbocycles. The number of morpholine rings is 1. The maximum absolute atomic E-state index is 5.42. The maximum atomic E-state index is 5.42. The van der Waals surface area contributed by atoms with Gasteiger partial charge in [0.1, 0.15) is 12.2 Å². The molecule has 2 saturated heterocycles. The van der Waals surface area contributed by atoms with Crippen molar-refractivity contribution in [2.45, 2.75) is 25.7 Å². The van der Waals surface area contributed by atoms with Crippen LogP contribution in [0.1, 0.15) is 31.5 Å². The third kappa shape index (κ3) is 5.15. The van der Waals surface area contributed by atoms with Crippen molar-refractivity contribution < 1.29 is 4.74 Å². The fourth-order valence-corrected chi connectivity index (χ4v) is 3.66. The predicted octanol–water partition coefficient (Wildman–Crippen LogP) is 0.528. The number of hydrogen-bond acceptors (Lipinski definition) is 5. The highest BCUT2D eigenvalue weighted by Crippen LogP contribution is 2.24. The summed E-state index contributed by atoms with van der Waals surface area (Å²) in [6, 6.07) is 0. The molecule has 1 unspecified atom stereocenters. The summed E-state index contributed by atoms with van der Waals surface area (Å²) in [7, 11) is 1.87. The number of rotatable bonds is 5. The Morgan fingerprint density at radius 3 is 2.76 bits per heavy atom. The third-order valence-electron chi connectivity index (χ3n) is 5.11. The maximum Gasteiger partial charge on any atom is 0.193 e. The molecule has 2 N–H and O–H groups in total. The number of guanidine groups is 1. The fraction of sp³-hybridized carbons (Fsp3) is 0.824. The van der Waals surface area contributed by atoms with Gasteiger partial charge in [0.25, 0.3) is 0 Å². The fourth-order valence-electron chi connectivity index (χ4n) is 3.66. The van der Waals surface area contributed by atoms with Gasteiger partial charge in [0.15, 0.2) is 5.96 Å². The van der Waals surface area contributed by atoms with Gasteiger partial charge in [0, 0.05) is 52.2 Å². The summed E-state index contributed by atoms with van der Waals surface area (Å²) < 4.78 is 5.42. The van der Waals surface area contributed by atoms with E-state index in [0.29, 0.717) is 11.8 Å². The van der Waals surface area contributed by atoms with E-state index in [1.54, 1.807) is 6.33 Å². The zero-order chi connectivity index (χ0) is 17.5. The number of aliphatic imine (C=N–C) groups is 1. The van der Waals surface area contributed by atoms with Crippen LogP contribution in [0.15, 0.2) is 11.3 Å². The molecule has 0 saturated carbocycles. The molecule has 0 spiro atoms. The van der Waals surface area contributed by atoms with Crippen molar-refractivity contribution >= 4 is 5.96 Å². The lowest BCUT2D eigenvalue weighted by molar-refractivity contribution is 0.0320. The second kappa shape index (κ2) is 9.15. The minimum Gasteiger partial charge on any atom is -0.379 e. The molecule has 0 radical (unpaired) electrons. The Bertz CT molecular complexity index is 519. The van der Waals surface area contributed by atoms with Gasteiger partial charge in [-0.05, 0) is 18.8 Å². The predicted molar refractivity (Wildman–Crippen MR) is 97.7 cm³/mol. The Hall–Kier alpha value is -1.67. The topological polar surface area (TPSA) is 81.7 Å². The molecule has 0 aromatic carbocycles. The Morgan fingerprint density at radius 1 is 1.36 bits per heavy atom. The number of nitrogens with one attached hydrogen (secondary N) is 2. The monoisotopic (exact) mass is 349 g/mol. The minimum atomic E-state index is 0.483. The lowest BCUT2D eigenvalue weighted by Crippen LogP contribution is -2.47. The van der Waals surface area contributed by atoms with Crippen LogP contribution in [0.4, 0.5) is 0 Å². The molecule has 0 amide bonds. The first kappa shape index (κ1) is 18.1. The van der Waals surface area contributed by atoms with Crippen LogP contribution in [0.3, 0.4) is 0 Å². The van der Waals surface area contributed by atoms with E-state index >= 15 is 0 Å². The van der Waals surface area contributed by atoms with Gasteiger partial charge in [-0.3, -0.25) is 15.0 Å². The van der Waals surface area contributed by atoms with E-state index in [1.165, 1.54) is 0 Å². The standard InChI is InChI=1S/C17H31N7O/c1-14(12-23-7-9-25-10-8-23)11-19-17(18-2)24-5-3-15(4-6-24)16-20-13-21-22-16/h13-15H,3-12H2,1-2H3,(H,18,19)(H,20,21,22). The number of likely N-dealkylation sites (tertiary alicyclic amines) is 1. The number of aromatic amines is 1. The third-order valence-corrected chi connectivity index (χ3v) is 5.11. The summed E-state index contributed by atoms with van der Waals surface area (Å²) in [4.78, 5) is 13.6. The lowest BCUT2D eigenvalue weighted by atomic mass is 9.96. The molecule has 140 valence electrons. The molecule has 1 aromatic heterocycles. The van der Waals surface area contributed by atoms with Gasteiger partial charge in [0.05, 0.1) is 13.2 Å². The quantitative estimate of drug-likeness (QED) is 0.596. The highest BCUT2D eigenvalue weighted by Gasteiger charge is 2.24. The van der Waals surface area contributed by atoms with Gasteiger partial charge in [-0.1, -0.05) is 6.92 Å². The number of hydrogen-bond donors (Lipinski definition) is 2.